The van der Waals surface area contributed by atoms with Crippen LogP contribution in [-0.4, -0.2) is 4.98 Å². The second kappa shape index (κ2) is 3.78. The van der Waals surface area contributed by atoms with Gasteiger partial charge in [-0.3, -0.25) is 4.98 Å². The molecule has 3 aromatic heterocycles. The summed E-state index contributed by atoms with van der Waals surface area (Å²) in [6, 6.07) is 17.3. The lowest BCUT2D eigenvalue weighted by Gasteiger charge is -1.96. The van der Waals surface area contributed by atoms with E-state index in [1.165, 1.54) is 35.0 Å². The van der Waals surface area contributed by atoms with Crippen molar-refractivity contribution in [3.05, 3.63) is 54.7 Å². The van der Waals surface area contributed by atoms with Gasteiger partial charge in [0.15, 0.2) is 0 Å². The summed E-state index contributed by atoms with van der Waals surface area (Å²) in [5.74, 6) is 0. The number of rotatable bonds is 0. The van der Waals surface area contributed by atoms with Gasteiger partial charge >= 0.3 is 0 Å². The Morgan fingerprint density at radius 1 is 0.650 bits per heavy atom. The second-order valence-corrected chi connectivity index (χ2v) is 7.03. The lowest BCUT2D eigenvalue weighted by molar-refractivity contribution is 1.44. The van der Waals surface area contributed by atoms with Gasteiger partial charge in [-0.1, -0.05) is 18.2 Å². The SMILES string of the molecule is c1cnc2c(c1)sc1cccc3sc4cccc2c4c13. The first kappa shape index (κ1) is 10.8. The minimum atomic E-state index is 1.11. The second-order valence-electron chi connectivity index (χ2n) is 4.86. The molecule has 0 amide bonds. The third-order valence-corrected chi connectivity index (χ3v) is 5.96. The van der Waals surface area contributed by atoms with Crippen molar-refractivity contribution >= 4 is 63.1 Å². The van der Waals surface area contributed by atoms with Gasteiger partial charge in [0, 0.05) is 36.5 Å². The van der Waals surface area contributed by atoms with E-state index in [2.05, 4.69) is 47.4 Å². The highest BCUT2D eigenvalue weighted by atomic mass is 32.1. The maximum atomic E-state index is 4.64. The van der Waals surface area contributed by atoms with Crippen molar-refractivity contribution in [3.63, 3.8) is 0 Å². The van der Waals surface area contributed by atoms with Gasteiger partial charge in [0.25, 0.3) is 0 Å². The Hall–Kier alpha value is -1.97. The number of hydrogen-bond donors (Lipinski definition) is 0. The van der Waals surface area contributed by atoms with Crippen molar-refractivity contribution in [1.82, 2.24) is 4.98 Å². The smallest absolute Gasteiger partial charge is 0.0880 e. The number of benzene rings is 2. The molecular formula is C17H9NS2. The molecule has 0 aliphatic carbocycles. The Balaban J connectivity index is 2.32. The van der Waals surface area contributed by atoms with Crippen LogP contribution in [0.3, 0.4) is 0 Å². The molecule has 5 rings (SSSR count). The van der Waals surface area contributed by atoms with Gasteiger partial charge in [0.05, 0.1) is 10.2 Å². The maximum absolute atomic E-state index is 4.64. The monoisotopic (exact) mass is 291 g/mol. The van der Waals surface area contributed by atoms with Crippen LogP contribution in [-0.2, 0) is 0 Å². The van der Waals surface area contributed by atoms with Crippen LogP contribution in [0.1, 0.15) is 0 Å². The molecule has 0 fully saturated rings. The van der Waals surface area contributed by atoms with Gasteiger partial charge in [-0.2, -0.15) is 0 Å². The van der Waals surface area contributed by atoms with Crippen LogP contribution in [0.5, 0.6) is 0 Å². The molecule has 1 nitrogen and oxygen atoms in total. The molecule has 3 heterocycles. The maximum Gasteiger partial charge on any atom is 0.0880 e. The Morgan fingerprint density at radius 3 is 2.15 bits per heavy atom. The molecule has 0 atom stereocenters. The zero-order valence-corrected chi connectivity index (χ0v) is 12.1. The minimum absolute atomic E-state index is 1.11. The largest absolute Gasteiger partial charge is 0.255 e. The van der Waals surface area contributed by atoms with Gasteiger partial charge < -0.3 is 0 Å². The predicted molar refractivity (Wildman–Crippen MR) is 90.0 cm³/mol. The normalized spacial score (nSPS) is 12.0. The zero-order chi connectivity index (χ0) is 13.1. The average Bonchev–Trinajstić information content (AvgIpc) is 2.79. The summed E-state index contributed by atoms with van der Waals surface area (Å²) in [5.41, 5.74) is 1.11. The van der Waals surface area contributed by atoms with E-state index >= 15 is 0 Å². The number of aromatic nitrogens is 1. The van der Waals surface area contributed by atoms with Gasteiger partial charge in [0.2, 0.25) is 0 Å². The molecule has 0 bridgehead atoms. The summed E-state index contributed by atoms with van der Waals surface area (Å²) in [5, 5.41) is 4.03. The molecule has 3 heteroatoms. The van der Waals surface area contributed by atoms with Gasteiger partial charge in [-0.15, -0.1) is 22.7 Å². The highest BCUT2D eigenvalue weighted by molar-refractivity contribution is 7.29. The molecule has 0 saturated heterocycles. The lowest BCUT2D eigenvalue weighted by atomic mass is 10.1. The molecule has 20 heavy (non-hydrogen) atoms. The van der Waals surface area contributed by atoms with Crippen molar-refractivity contribution in [2.75, 3.05) is 0 Å². The Labute approximate surface area is 123 Å². The summed E-state index contributed by atoms with van der Waals surface area (Å²) in [6.45, 7) is 0. The van der Waals surface area contributed by atoms with Gasteiger partial charge in [-0.25, -0.2) is 0 Å². The van der Waals surface area contributed by atoms with Crippen LogP contribution < -0.4 is 0 Å². The molecule has 0 aliphatic rings. The van der Waals surface area contributed by atoms with Crippen molar-refractivity contribution in [2.24, 2.45) is 0 Å². The molecule has 0 aliphatic heterocycles. The first-order valence-corrected chi connectivity index (χ1v) is 8.12. The van der Waals surface area contributed by atoms with E-state index in [0.29, 0.717) is 0 Å². The third kappa shape index (κ3) is 1.29. The van der Waals surface area contributed by atoms with E-state index in [4.69, 9.17) is 0 Å². The van der Waals surface area contributed by atoms with Crippen LogP contribution in [0.2, 0.25) is 0 Å². The number of thiophene rings is 1. The fourth-order valence-electron chi connectivity index (χ4n) is 2.91. The van der Waals surface area contributed by atoms with E-state index < -0.39 is 0 Å². The standard InChI is InChI=1S/C17H9NS2/c1-4-10-15-11(5-1)19-12-6-2-7-13(16(12)15)20-14-8-3-9-18-17(10)14/h1-9H. The van der Waals surface area contributed by atoms with Crippen molar-refractivity contribution in [3.8, 4) is 0 Å². The molecule has 0 spiro atoms. The van der Waals surface area contributed by atoms with Crippen molar-refractivity contribution in [1.29, 1.82) is 0 Å². The van der Waals surface area contributed by atoms with Crippen LogP contribution >= 0.6 is 22.7 Å². The molecule has 5 aromatic rings. The Bertz CT molecular complexity index is 1100. The lowest BCUT2D eigenvalue weighted by Crippen LogP contribution is -1.74. The number of nitrogens with zero attached hydrogens (tertiary/aromatic N) is 1. The van der Waals surface area contributed by atoms with Gasteiger partial charge in [-0.05, 0) is 30.3 Å². The predicted octanol–water partition coefficient (Wildman–Crippen LogP) is 5.82. The molecule has 0 radical (unpaired) electrons. The summed E-state index contributed by atoms with van der Waals surface area (Å²) in [7, 11) is 0. The molecule has 2 aromatic carbocycles. The number of fused-ring (bicyclic) bond motifs is 2. The van der Waals surface area contributed by atoms with E-state index in [1.807, 2.05) is 34.9 Å². The molecule has 94 valence electrons. The van der Waals surface area contributed by atoms with E-state index in [-0.39, 0.29) is 0 Å². The topological polar surface area (TPSA) is 12.9 Å². The quantitative estimate of drug-likeness (QED) is 0.350. The number of pyridine rings is 1. The highest BCUT2D eigenvalue weighted by Crippen LogP contribution is 2.43. The zero-order valence-electron chi connectivity index (χ0n) is 10.5. The molecular weight excluding hydrogens is 282 g/mol. The van der Waals surface area contributed by atoms with E-state index in [0.717, 1.165) is 5.52 Å². The van der Waals surface area contributed by atoms with Crippen LogP contribution in [0.25, 0.3) is 40.5 Å². The van der Waals surface area contributed by atoms with Crippen LogP contribution in [0.15, 0.2) is 54.7 Å². The van der Waals surface area contributed by atoms with Crippen molar-refractivity contribution in [2.45, 2.75) is 0 Å². The van der Waals surface area contributed by atoms with E-state index in [9.17, 15) is 0 Å². The first-order valence-electron chi connectivity index (χ1n) is 6.49. The summed E-state index contributed by atoms with van der Waals surface area (Å²) in [4.78, 5) is 4.64. The first-order chi connectivity index (χ1) is 9.92. The highest BCUT2D eigenvalue weighted by Gasteiger charge is 2.12. The average molecular weight is 291 g/mol. The summed E-state index contributed by atoms with van der Waals surface area (Å²) >= 11 is 3.70. The molecule has 0 unspecified atom stereocenters. The number of hydrogen-bond acceptors (Lipinski definition) is 3. The van der Waals surface area contributed by atoms with E-state index in [1.54, 1.807) is 0 Å². The summed E-state index contributed by atoms with van der Waals surface area (Å²) in [6.07, 6.45) is 1.89. The third-order valence-electron chi connectivity index (χ3n) is 3.73. The Morgan fingerprint density at radius 2 is 1.30 bits per heavy atom. The minimum Gasteiger partial charge on any atom is -0.255 e. The van der Waals surface area contributed by atoms with Crippen LogP contribution in [0, 0.1) is 0 Å². The van der Waals surface area contributed by atoms with Gasteiger partial charge in [0.1, 0.15) is 0 Å². The fraction of sp³-hybridized carbons (Fsp3) is 0. The van der Waals surface area contributed by atoms with Crippen LogP contribution in [0.4, 0.5) is 0 Å². The van der Waals surface area contributed by atoms with Crippen molar-refractivity contribution < 1.29 is 0 Å². The molecule has 0 N–H and O–H groups in total. The summed E-state index contributed by atoms with van der Waals surface area (Å²) < 4.78 is 5.30. The molecule has 0 saturated carbocycles. The fourth-order valence-corrected chi connectivity index (χ4v) is 5.24. The Kier molecular flexibility index (Phi) is 2.04.